The van der Waals surface area contributed by atoms with Gasteiger partial charge in [-0.1, -0.05) is 0 Å². The van der Waals surface area contributed by atoms with Crippen LogP contribution in [0.4, 0.5) is 17.6 Å². The van der Waals surface area contributed by atoms with Gasteiger partial charge in [-0.15, -0.1) is 0 Å². The van der Waals surface area contributed by atoms with Crippen molar-refractivity contribution in [3.8, 4) is 0 Å². The molecule has 0 aromatic heterocycles. The van der Waals surface area contributed by atoms with Gasteiger partial charge in [0.1, 0.15) is 6.17 Å². The molecule has 0 spiro atoms. The van der Waals surface area contributed by atoms with Crippen LogP contribution < -0.4 is 0 Å². The van der Waals surface area contributed by atoms with Gasteiger partial charge in [0, 0.05) is 0 Å². The second-order valence-electron chi connectivity index (χ2n) is 4.63. The fraction of sp³-hybridized carbons (Fsp3) is 1.00. The van der Waals surface area contributed by atoms with Gasteiger partial charge in [-0.3, -0.25) is 0 Å². The Morgan fingerprint density at radius 1 is 0.905 bits per heavy atom. The second-order valence-corrected chi connectivity index (χ2v) is 6.07. The molecular weight excluding hydrogens is 314 g/mol. The molecule has 2 atom stereocenters. The number of halogens is 4. The number of rotatable bonds is 8. The van der Waals surface area contributed by atoms with Gasteiger partial charge in [-0.25, -0.2) is 26.0 Å². The van der Waals surface area contributed by atoms with Gasteiger partial charge < -0.3 is 9.04 Å². The van der Waals surface area contributed by atoms with Gasteiger partial charge in [0.05, 0.1) is 42.1 Å². The first-order valence-corrected chi connectivity index (χ1v) is 8.41. The molecular formula is C12H25F4NO3S. The minimum atomic E-state index is -5.00. The van der Waals surface area contributed by atoms with Crippen LogP contribution in [-0.4, -0.2) is 68.2 Å². The molecule has 0 aromatic carbocycles. The third-order valence-electron chi connectivity index (χ3n) is 3.63. The highest BCUT2D eigenvalue weighted by atomic mass is 32.2. The van der Waals surface area contributed by atoms with E-state index in [1.165, 1.54) is 30.7 Å². The van der Waals surface area contributed by atoms with Gasteiger partial charge in [0.2, 0.25) is 0 Å². The molecule has 0 fully saturated rings. The van der Waals surface area contributed by atoms with Crippen molar-refractivity contribution in [2.75, 3.05) is 31.9 Å². The topological polar surface area (TPSA) is 57.2 Å². The van der Waals surface area contributed by atoms with E-state index in [4.69, 9.17) is 0 Å². The summed E-state index contributed by atoms with van der Waals surface area (Å²) in [6.45, 7) is 14.2. The second kappa shape index (κ2) is 10.3. The van der Waals surface area contributed by atoms with E-state index in [-0.39, 0.29) is 0 Å². The molecule has 0 rings (SSSR count). The zero-order chi connectivity index (χ0) is 17.3. The van der Waals surface area contributed by atoms with Gasteiger partial charge >= 0.3 is 0 Å². The summed E-state index contributed by atoms with van der Waals surface area (Å²) in [7, 11) is -5.00. The molecule has 0 saturated carbocycles. The average molecular weight is 339 g/mol. The third-order valence-corrected chi connectivity index (χ3v) is 4.36. The Labute approximate surface area is 124 Å². The highest BCUT2D eigenvalue weighted by Crippen LogP contribution is 2.14. The van der Waals surface area contributed by atoms with Crippen LogP contribution in [0.5, 0.6) is 0 Å². The molecule has 0 saturated heterocycles. The van der Waals surface area contributed by atoms with E-state index in [1.807, 2.05) is 0 Å². The van der Waals surface area contributed by atoms with Crippen LogP contribution in [0.2, 0.25) is 0 Å². The third kappa shape index (κ3) is 10.0. The fourth-order valence-corrected chi connectivity index (χ4v) is 2.36. The molecule has 4 nitrogen and oxygen atoms in total. The van der Waals surface area contributed by atoms with Crippen molar-refractivity contribution in [1.29, 1.82) is 0 Å². The van der Waals surface area contributed by atoms with E-state index in [0.29, 0.717) is 0 Å². The Bertz CT molecular complexity index is 344. The maximum Gasteiger partial charge on any atom is 0.272 e. The van der Waals surface area contributed by atoms with E-state index >= 15 is 0 Å². The smallest absolute Gasteiger partial charge is 0.272 e. The van der Waals surface area contributed by atoms with Crippen molar-refractivity contribution in [1.82, 2.24) is 0 Å². The molecule has 0 aromatic rings. The van der Waals surface area contributed by atoms with Crippen molar-refractivity contribution in [3.05, 3.63) is 0 Å². The van der Waals surface area contributed by atoms with Crippen LogP contribution >= 0.6 is 0 Å². The molecule has 0 bridgehead atoms. The van der Waals surface area contributed by atoms with Crippen molar-refractivity contribution >= 4 is 10.1 Å². The van der Waals surface area contributed by atoms with Crippen molar-refractivity contribution in [2.45, 2.75) is 46.5 Å². The number of quaternary nitrogens is 1. The predicted octanol–water partition coefficient (Wildman–Crippen LogP) is 2.36. The Balaban J connectivity index is 0. The molecule has 0 radical (unpaired) electrons. The molecule has 9 heteroatoms. The summed E-state index contributed by atoms with van der Waals surface area (Å²) >= 11 is 0. The summed E-state index contributed by atoms with van der Waals surface area (Å²) in [6, 6.07) is 0. The lowest BCUT2D eigenvalue weighted by molar-refractivity contribution is -0.921. The standard InChI is InChI=1S/C8H20N.C4H6F4O3S/c1-5-9(6-2,7-3)8-4;5-2(1-12(9,10)11)3(6)4(7)8/h5-8H2,1-4H3;2-4H,1H2,(H,9,10,11)/q+1;/p-1. The lowest BCUT2D eigenvalue weighted by Crippen LogP contribution is -2.47. The first-order chi connectivity index (χ1) is 9.48. The van der Waals surface area contributed by atoms with E-state index in [9.17, 15) is 30.5 Å². The Morgan fingerprint density at radius 3 is 1.38 bits per heavy atom. The molecule has 0 amide bonds. The van der Waals surface area contributed by atoms with Crippen LogP contribution in [0.3, 0.4) is 0 Å². The molecule has 0 heterocycles. The highest BCUT2D eigenvalue weighted by molar-refractivity contribution is 7.85. The Kier molecular flexibility index (Phi) is 11.3. The van der Waals surface area contributed by atoms with E-state index in [2.05, 4.69) is 27.7 Å². The van der Waals surface area contributed by atoms with E-state index in [0.717, 1.165) is 0 Å². The maximum absolute atomic E-state index is 12.1. The molecule has 0 N–H and O–H groups in total. The summed E-state index contributed by atoms with van der Waals surface area (Å²) in [5, 5.41) is 0. The fourth-order valence-electron chi connectivity index (χ4n) is 1.79. The minimum Gasteiger partial charge on any atom is -0.748 e. The summed E-state index contributed by atoms with van der Waals surface area (Å²) < 4.78 is 77.3. The van der Waals surface area contributed by atoms with Gasteiger partial charge in [-0.2, -0.15) is 0 Å². The summed E-state index contributed by atoms with van der Waals surface area (Å²) in [4.78, 5) is 0. The quantitative estimate of drug-likeness (QED) is 0.387. The van der Waals surface area contributed by atoms with Crippen molar-refractivity contribution < 1.29 is 35.0 Å². The molecule has 0 aliphatic carbocycles. The number of hydrogen-bond donors (Lipinski definition) is 0. The number of alkyl halides is 4. The largest absolute Gasteiger partial charge is 0.748 e. The molecule has 2 unspecified atom stereocenters. The van der Waals surface area contributed by atoms with Gasteiger partial charge in [0.25, 0.3) is 6.43 Å². The van der Waals surface area contributed by atoms with Crippen LogP contribution in [0, 0.1) is 0 Å². The van der Waals surface area contributed by atoms with Crippen molar-refractivity contribution in [3.63, 3.8) is 0 Å². The first kappa shape index (κ1) is 22.9. The first-order valence-electron chi connectivity index (χ1n) is 6.83. The van der Waals surface area contributed by atoms with Crippen molar-refractivity contribution in [2.24, 2.45) is 0 Å². The number of hydrogen-bond acceptors (Lipinski definition) is 3. The molecule has 130 valence electrons. The summed E-state index contributed by atoms with van der Waals surface area (Å²) in [5.41, 5.74) is 0. The normalized spacial score (nSPS) is 15.3. The van der Waals surface area contributed by atoms with Gasteiger partial charge in [-0.05, 0) is 27.7 Å². The van der Waals surface area contributed by atoms with Crippen LogP contribution in [-0.2, 0) is 10.1 Å². The van der Waals surface area contributed by atoms with Crippen LogP contribution in [0.1, 0.15) is 27.7 Å². The summed E-state index contributed by atoms with van der Waals surface area (Å²) in [5.74, 6) is -1.77. The summed E-state index contributed by atoms with van der Waals surface area (Å²) in [6.07, 6.45) is -9.82. The zero-order valence-corrected chi connectivity index (χ0v) is 13.7. The zero-order valence-electron chi connectivity index (χ0n) is 12.9. The molecule has 0 aliphatic rings. The number of nitrogens with zero attached hydrogens (tertiary/aromatic N) is 1. The SMILES string of the molecule is CC[N+](CC)(CC)CC.O=S(=O)([O-])CC(F)C(F)C(F)F. The van der Waals surface area contributed by atoms with Gasteiger partial charge in [0.15, 0.2) is 6.17 Å². The lowest BCUT2D eigenvalue weighted by Gasteiger charge is -2.34. The highest BCUT2D eigenvalue weighted by Gasteiger charge is 2.31. The van der Waals surface area contributed by atoms with E-state index < -0.39 is 34.6 Å². The molecule has 21 heavy (non-hydrogen) atoms. The Hall–Kier alpha value is -0.410. The molecule has 0 aliphatic heterocycles. The van der Waals surface area contributed by atoms with E-state index in [1.54, 1.807) is 0 Å². The monoisotopic (exact) mass is 339 g/mol. The maximum atomic E-state index is 12.1. The minimum absolute atomic E-state index is 1.28. The Morgan fingerprint density at radius 2 is 1.24 bits per heavy atom. The lowest BCUT2D eigenvalue weighted by atomic mass is 10.3. The average Bonchev–Trinajstić information content (AvgIpc) is 2.40. The predicted molar refractivity (Wildman–Crippen MR) is 72.8 cm³/mol. The van der Waals surface area contributed by atoms with Crippen LogP contribution in [0.25, 0.3) is 0 Å². The van der Waals surface area contributed by atoms with Crippen LogP contribution in [0.15, 0.2) is 0 Å².